The van der Waals surface area contributed by atoms with Crippen LogP contribution in [0.3, 0.4) is 0 Å². The average molecular weight is 424 g/mol. The van der Waals surface area contributed by atoms with Crippen LogP contribution in [0.1, 0.15) is 42.6 Å². The molecule has 0 aliphatic heterocycles. The summed E-state index contributed by atoms with van der Waals surface area (Å²) >= 11 is 2.22. The van der Waals surface area contributed by atoms with Crippen molar-refractivity contribution in [1.29, 1.82) is 0 Å². The van der Waals surface area contributed by atoms with Gasteiger partial charge in [-0.25, -0.2) is 0 Å². The SMILES string of the molecule is CCCOc1ccc(C(=O)c2ccc(I)cc2)cc1OCCC. The monoisotopic (exact) mass is 424 g/mol. The van der Waals surface area contributed by atoms with Crippen molar-refractivity contribution >= 4 is 28.4 Å². The fourth-order valence-electron chi connectivity index (χ4n) is 2.07. The molecule has 0 aliphatic carbocycles. The average Bonchev–Trinajstić information content (AvgIpc) is 2.58. The maximum atomic E-state index is 12.6. The van der Waals surface area contributed by atoms with Gasteiger partial charge >= 0.3 is 0 Å². The molecule has 3 nitrogen and oxygen atoms in total. The number of carbonyl (C=O) groups excluding carboxylic acids is 1. The van der Waals surface area contributed by atoms with Crippen LogP contribution in [-0.2, 0) is 0 Å². The maximum absolute atomic E-state index is 12.6. The van der Waals surface area contributed by atoms with Crippen LogP contribution < -0.4 is 9.47 Å². The highest BCUT2D eigenvalue weighted by Crippen LogP contribution is 2.30. The third-order valence-corrected chi connectivity index (χ3v) is 3.95. The summed E-state index contributed by atoms with van der Waals surface area (Å²) in [4.78, 5) is 12.6. The van der Waals surface area contributed by atoms with E-state index in [1.165, 1.54) is 0 Å². The van der Waals surface area contributed by atoms with Gasteiger partial charge in [-0.15, -0.1) is 0 Å². The molecule has 2 aromatic rings. The van der Waals surface area contributed by atoms with Gasteiger partial charge in [0, 0.05) is 14.7 Å². The van der Waals surface area contributed by atoms with Crippen molar-refractivity contribution in [3.8, 4) is 11.5 Å². The summed E-state index contributed by atoms with van der Waals surface area (Å²) in [7, 11) is 0. The zero-order chi connectivity index (χ0) is 16.7. The molecule has 23 heavy (non-hydrogen) atoms. The van der Waals surface area contributed by atoms with Crippen LogP contribution in [0.25, 0.3) is 0 Å². The van der Waals surface area contributed by atoms with Crippen molar-refractivity contribution in [2.75, 3.05) is 13.2 Å². The van der Waals surface area contributed by atoms with Gasteiger partial charge in [-0.05, 0) is 77.9 Å². The van der Waals surface area contributed by atoms with Crippen LogP contribution in [-0.4, -0.2) is 19.0 Å². The van der Waals surface area contributed by atoms with Gasteiger partial charge in [0.1, 0.15) is 0 Å². The summed E-state index contributed by atoms with van der Waals surface area (Å²) in [6.07, 6.45) is 1.83. The van der Waals surface area contributed by atoms with Crippen LogP contribution in [0.4, 0.5) is 0 Å². The van der Waals surface area contributed by atoms with Crippen molar-refractivity contribution < 1.29 is 14.3 Å². The normalized spacial score (nSPS) is 10.4. The lowest BCUT2D eigenvalue weighted by Crippen LogP contribution is -2.05. The Kier molecular flexibility index (Phi) is 6.89. The number of ether oxygens (including phenoxy) is 2. The predicted octanol–water partition coefficient (Wildman–Crippen LogP) is 5.10. The summed E-state index contributed by atoms with van der Waals surface area (Å²) < 4.78 is 12.6. The Hall–Kier alpha value is -1.56. The minimum absolute atomic E-state index is 0.00945. The second-order valence-corrected chi connectivity index (χ2v) is 6.44. The molecule has 0 spiro atoms. The molecule has 0 amide bonds. The minimum Gasteiger partial charge on any atom is -0.490 e. The first-order valence-corrected chi connectivity index (χ1v) is 8.93. The van der Waals surface area contributed by atoms with Gasteiger partial charge in [0.2, 0.25) is 0 Å². The summed E-state index contributed by atoms with van der Waals surface area (Å²) in [5.74, 6) is 1.32. The molecule has 2 aromatic carbocycles. The zero-order valence-electron chi connectivity index (χ0n) is 13.5. The van der Waals surface area contributed by atoms with Crippen molar-refractivity contribution in [3.63, 3.8) is 0 Å². The molecule has 4 heteroatoms. The summed E-state index contributed by atoms with van der Waals surface area (Å²) in [6, 6.07) is 12.9. The lowest BCUT2D eigenvalue weighted by molar-refractivity contribution is 0.103. The van der Waals surface area contributed by atoms with Gasteiger partial charge in [0.05, 0.1) is 13.2 Å². The van der Waals surface area contributed by atoms with E-state index in [1.54, 1.807) is 12.1 Å². The van der Waals surface area contributed by atoms with Crippen molar-refractivity contribution in [2.45, 2.75) is 26.7 Å². The summed E-state index contributed by atoms with van der Waals surface area (Å²) in [6.45, 7) is 5.34. The van der Waals surface area contributed by atoms with Gasteiger partial charge in [-0.3, -0.25) is 4.79 Å². The first kappa shape index (κ1) is 17.8. The highest BCUT2D eigenvalue weighted by Gasteiger charge is 2.13. The van der Waals surface area contributed by atoms with Crippen molar-refractivity contribution in [1.82, 2.24) is 0 Å². The number of halogens is 1. The number of carbonyl (C=O) groups is 1. The maximum Gasteiger partial charge on any atom is 0.193 e. The lowest BCUT2D eigenvalue weighted by Gasteiger charge is -2.13. The molecule has 0 saturated heterocycles. The third-order valence-electron chi connectivity index (χ3n) is 3.24. The molecule has 0 N–H and O–H groups in total. The van der Waals surface area contributed by atoms with E-state index >= 15 is 0 Å². The van der Waals surface area contributed by atoms with Gasteiger partial charge in [0.25, 0.3) is 0 Å². The second kappa shape index (κ2) is 8.91. The van der Waals surface area contributed by atoms with Crippen LogP contribution in [0.5, 0.6) is 11.5 Å². The first-order chi connectivity index (χ1) is 11.2. The molecule has 0 aromatic heterocycles. The number of hydrogen-bond acceptors (Lipinski definition) is 3. The topological polar surface area (TPSA) is 35.5 Å². The fourth-order valence-corrected chi connectivity index (χ4v) is 2.43. The smallest absolute Gasteiger partial charge is 0.193 e. The van der Waals surface area contributed by atoms with Gasteiger partial charge in [0.15, 0.2) is 17.3 Å². The van der Waals surface area contributed by atoms with Crippen LogP contribution in [0, 0.1) is 3.57 Å². The molecular formula is C19H21IO3. The Bertz CT molecular complexity index is 650. The Labute approximate surface area is 151 Å². The summed E-state index contributed by atoms with van der Waals surface area (Å²) in [5.41, 5.74) is 1.29. The number of hydrogen-bond donors (Lipinski definition) is 0. The molecule has 0 heterocycles. The molecular weight excluding hydrogens is 403 g/mol. The Morgan fingerprint density at radius 1 is 0.870 bits per heavy atom. The zero-order valence-corrected chi connectivity index (χ0v) is 15.6. The Balaban J connectivity index is 2.27. The highest BCUT2D eigenvalue weighted by atomic mass is 127. The van der Waals surface area contributed by atoms with Crippen LogP contribution >= 0.6 is 22.6 Å². The second-order valence-electron chi connectivity index (χ2n) is 5.19. The Morgan fingerprint density at radius 2 is 1.43 bits per heavy atom. The van der Waals surface area contributed by atoms with E-state index < -0.39 is 0 Å². The minimum atomic E-state index is -0.00945. The van der Waals surface area contributed by atoms with E-state index in [0.717, 1.165) is 16.4 Å². The van der Waals surface area contributed by atoms with E-state index in [-0.39, 0.29) is 5.78 Å². The number of ketones is 1. The molecule has 2 rings (SSSR count). The molecule has 0 saturated carbocycles. The summed E-state index contributed by atoms with van der Waals surface area (Å²) in [5, 5.41) is 0. The van der Waals surface area contributed by atoms with Crippen molar-refractivity contribution in [2.24, 2.45) is 0 Å². The largest absolute Gasteiger partial charge is 0.490 e. The van der Waals surface area contributed by atoms with Gasteiger partial charge in [-0.2, -0.15) is 0 Å². The molecule has 0 radical (unpaired) electrons. The lowest BCUT2D eigenvalue weighted by atomic mass is 10.0. The molecule has 0 fully saturated rings. The molecule has 0 unspecified atom stereocenters. The first-order valence-electron chi connectivity index (χ1n) is 7.85. The van der Waals surface area contributed by atoms with E-state index in [2.05, 4.69) is 29.5 Å². The number of rotatable bonds is 8. The highest BCUT2D eigenvalue weighted by molar-refractivity contribution is 14.1. The molecule has 122 valence electrons. The van der Waals surface area contributed by atoms with E-state index in [0.29, 0.717) is 35.8 Å². The van der Waals surface area contributed by atoms with Crippen LogP contribution in [0.2, 0.25) is 0 Å². The van der Waals surface area contributed by atoms with E-state index in [1.807, 2.05) is 37.3 Å². The standard InChI is InChI=1S/C19H21IO3/c1-3-11-22-17-10-7-15(13-18(17)23-12-4-2)19(21)14-5-8-16(20)9-6-14/h5-10,13H,3-4,11-12H2,1-2H3. The van der Waals surface area contributed by atoms with Gasteiger partial charge in [-0.1, -0.05) is 13.8 Å². The number of benzene rings is 2. The van der Waals surface area contributed by atoms with Crippen molar-refractivity contribution in [3.05, 3.63) is 57.2 Å². The molecule has 0 bridgehead atoms. The van der Waals surface area contributed by atoms with Gasteiger partial charge < -0.3 is 9.47 Å². The predicted molar refractivity (Wildman–Crippen MR) is 101 cm³/mol. The quantitative estimate of drug-likeness (QED) is 0.437. The van der Waals surface area contributed by atoms with Crippen LogP contribution in [0.15, 0.2) is 42.5 Å². The van der Waals surface area contributed by atoms with E-state index in [9.17, 15) is 4.79 Å². The van der Waals surface area contributed by atoms with E-state index in [4.69, 9.17) is 9.47 Å². The third kappa shape index (κ3) is 4.96. The fraction of sp³-hybridized carbons (Fsp3) is 0.316. The molecule has 0 aliphatic rings. The molecule has 0 atom stereocenters. The Morgan fingerprint density at radius 3 is 2.04 bits per heavy atom.